The van der Waals surface area contributed by atoms with Gasteiger partial charge in [0, 0.05) is 9.75 Å². The van der Waals surface area contributed by atoms with Gasteiger partial charge in [0.1, 0.15) is 0 Å². The Bertz CT molecular complexity index is 864. The zero-order valence-electron chi connectivity index (χ0n) is 13.6. The molecule has 4 rings (SSSR count). The van der Waals surface area contributed by atoms with Gasteiger partial charge in [-0.05, 0) is 65.9 Å². The van der Waals surface area contributed by atoms with Crippen molar-refractivity contribution < 1.29 is 4.79 Å². The van der Waals surface area contributed by atoms with E-state index in [0.717, 1.165) is 32.3 Å². The minimum absolute atomic E-state index is 0.0617. The molecule has 0 spiro atoms. The van der Waals surface area contributed by atoms with Crippen LogP contribution in [0.1, 0.15) is 28.3 Å². The van der Waals surface area contributed by atoms with Crippen molar-refractivity contribution >= 4 is 55.3 Å². The average Bonchev–Trinajstić information content (AvgIpc) is 3.22. The van der Waals surface area contributed by atoms with E-state index in [0.29, 0.717) is 6.42 Å². The number of hydrogen-bond donors (Lipinski definition) is 0. The van der Waals surface area contributed by atoms with Crippen molar-refractivity contribution in [3.63, 3.8) is 0 Å². The first-order valence-electron chi connectivity index (χ1n) is 8.31. The van der Waals surface area contributed by atoms with Crippen molar-refractivity contribution in [2.45, 2.75) is 32.1 Å². The Morgan fingerprint density at radius 2 is 1.88 bits per heavy atom. The van der Waals surface area contributed by atoms with E-state index >= 15 is 0 Å². The van der Waals surface area contributed by atoms with Crippen LogP contribution in [0, 0.1) is 0 Å². The topological polar surface area (TPSA) is 33.2 Å². The lowest BCUT2D eigenvalue weighted by Crippen LogP contribution is -2.27. The number of anilines is 2. The van der Waals surface area contributed by atoms with Crippen molar-refractivity contribution in [3.8, 4) is 0 Å². The van der Waals surface area contributed by atoms with Crippen LogP contribution in [0.15, 0.2) is 46.3 Å². The zero-order chi connectivity index (χ0) is 17.2. The van der Waals surface area contributed by atoms with Gasteiger partial charge in [0.2, 0.25) is 5.91 Å². The van der Waals surface area contributed by atoms with E-state index < -0.39 is 0 Å². The van der Waals surface area contributed by atoms with E-state index in [2.05, 4.69) is 15.9 Å². The smallest absolute Gasteiger partial charge is 0.238 e. The molecule has 0 bridgehead atoms. The second-order valence-corrected chi connectivity index (χ2v) is 9.63. The van der Waals surface area contributed by atoms with Crippen LogP contribution in [-0.4, -0.2) is 10.9 Å². The van der Waals surface area contributed by atoms with Crippen LogP contribution >= 0.6 is 38.6 Å². The Labute approximate surface area is 163 Å². The number of fused-ring (bicyclic) bond motifs is 1. The molecule has 0 saturated heterocycles. The highest BCUT2D eigenvalue weighted by molar-refractivity contribution is 9.11. The molecule has 1 aromatic carbocycles. The Morgan fingerprint density at radius 1 is 1.08 bits per heavy atom. The number of rotatable bonds is 4. The molecule has 1 aliphatic carbocycles. The molecule has 2 aromatic heterocycles. The van der Waals surface area contributed by atoms with Gasteiger partial charge in [-0.25, -0.2) is 4.98 Å². The van der Waals surface area contributed by atoms with Gasteiger partial charge in [-0.15, -0.1) is 22.7 Å². The molecule has 0 radical (unpaired) electrons. The third-order valence-electron chi connectivity index (χ3n) is 4.24. The number of carbonyl (C=O) groups is 1. The van der Waals surface area contributed by atoms with E-state index in [1.807, 2.05) is 42.5 Å². The lowest BCUT2D eigenvalue weighted by atomic mass is 10.0. The minimum Gasteiger partial charge on any atom is -0.274 e. The summed E-state index contributed by atoms with van der Waals surface area (Å²) in [5.41, 5.74) is 2.06. The molecule has 128 valence electrons. The summed E-state index contributed by atoms with van der Waals surface area (Å²) < 4.78 is 1.05. The number of nitrogens with zero attached hydrogens (tertiary/aromatic N) is 2. The highest BCUT2D eigenvalue weighted by Gasteiger charge is 2.25. The molecular weight excluding hydrogens is 416 g/mol. The van der Waals surface area contributed by atoms with Crippen LogP contribution in [0.5, 0.6) is 0 Å². The summed E-state index contributed by atoms with van der Waals surface area (Å²) >= 11 is 6.74. The fraction of sp³-hybridized carbons (Fsp3) is 0.263. The second-order valence-electron chi connectivity index (χ2n) is 6.02. The number of halogens is 1. The predicted octanol–water partition coefficient (Wildman–Crippen LogP) is 5.75. The molecule has 0 fully saturated rings. The number of aryl methyl sites for hydroxylation is 2. The zero-order valence-corrected chi connectivity index (χ0v) is 16.8. The van der Waals surface area contributed by atoms with Gasteiger partial charge in [0.25, 0.3) is 0 Å². The Morgan fingerprint density at radius 3 is 2.60 bits per heavy atom. The standard InChI is InChI=1S/C19H17BrN2OS2/c20-17-11-10-14(24-17)12-18(23)22(13-6-2-1-3-7-13)19-21-15-8-4-5-9-16(15)25-19/h1-3,6-7,10-11H,4-5,8-9,12H2. The van der Waals surface area contributed by atoms with Crippen molar-refractivity contribution in [3.05, 3.63) is 61.7 Å². The molecule has 0 N–H and O–H groups in total. The number of thiazole rings is 1. The van der Waals surface area contributed by atoms with E-state index in [1.165, 1.54) is 23.4 Å². The normalized spacial score (nSPS) is 13.5. The number of aromatic nitrogens is 1. The molecule has 1 aliphatic rings. The molecular formula is C19H17BrN2OS2. The number of benzene rings is 1. The fourth-order valence-corrected chi connectivity index (χ4v) is 5.71. The maximum atomic E-state index is 13.1. The molecule has 6 heteroatoms. The molecule has 0 atom stereocenters. The first-order valence-corrected chi connectivity index (χ1v) is 10.7. The first-order chi connectivity index (χ1) is 12.2. The van der Waals surface area contributed by atoms with Crippen molar-refractivity contribution in [1.82, 2.24) is 4.98 Å². The molecule has 25 heavy (non-hydrogen) atoms. The van der Waals surface area contributed by atoms with E-state index in [-0.39, 0.29) is 5.91 Å². The van der Waals surface area contributed by atoms with E-state index in [4.69, 9.17) is 4.98 Å². The van der Waals surface area contributed by atoms with Crippen LogP contribution in [0.25, 0.3) is 0 Å². The van der Waals surface area contributed by atoms with Crippen LogP contribution < -0.4 is 4.90 Å². The molecule has 3 aromatic rings. The van der Waals surface area contributed by atoms with Crippen molar-refractivity contribution in [1.29, 1.82) is 0 Å². The lowest BCUT2D eigenvalue weighted by Gasteiger charge is -2.19. The minimum atomic E-state index is 0.0617. The Kier molecular flexibility index (Phi) is 5.01. The van der Waals surface area contributed by atoms with Gasteiger partial charge in [0.05, 0.1) is 21.6 Å². The second kappa shape index (κ2) is 7.40. The van der Waals surface area contributed by atoms with Crippen LogP contribution in [0.2, 0.25) is 0 Å². The SMILES string of the molecule is O=C(Cc1ccc(Br)s1)N(c1ccccc1)c1nc2c(s1)CCCC2. The van der Waals surface area contributed by atoms with Gasteiger partial charge >= 0.3 is 0 Å². The fourth-order valence-electron chi connectivity index (χ4n) is 3.05. The summed E-state index contributed by atoms with van der Waals surface area (Å²) in [5, 5.41) is 0.804. The largest absolute Gasteiger partial charge is 0.274 e. The Hall–Kier alpha value is -1.50. The molecule has 0 unspecified atom stereocenters. The summed E-state index contributed by atoms with van der Waals surface area (Å²) in [6, 6.07) is 13.8. The maximum absolute atomic E-state index is 13.1. The third kappa shape index (κ3) is 3.71. The first kappa shape index (κ1) is 16.9. The van der Waals surface area contributed by atoms with Gasteiger partial charge in [-0.2, -0.15) is 0 Å². The van der Waals surface area contributed by atoms with Gasteiger partial charge in [-0.1, -0.05) is 18.2 Å². The number of carbonyl (C=O) groups excluding carboxylic acids is 1. The van der Waals surface area contributed by atoms with Gasteiger partial charge in [0.15, 0.2) is 5.13 Å². The van der Waals surface area contributed by atoms with E-state index in [9.17, 15) is 4.79 Å². The van der Waals surface area contributed by atoms with Crippen LogP contribution in [0.3, 0.4) is 0 Å². The van der Waals surface area contributed by atoms with Crippen molar-refractivity contribution in [2.75, 3.05) is 4.90 Å². The number of thiophene rings is 1. The molecule has 1 amide bonds. The van der Waals surface area contributed by atoms with E-state index in [1.54, 1.807) is 27.6 Å². The van der Waals surface area contributed by atoms with Crippen LogP contribution in [-0.2, 0) is 24.1 Å². The molecule has 3 nitrogen and oxygen atoms in total. The molecule has 2 heterocycles. The number of para-hydroxylation sites is 1. The quantitative estimate of drug-likeness (QED) is 0.525. The molecule has 0 aliphatic heterocycles. The highest BCUT2D eigenvalue weighted by atomic mass is 79.9. The summed E-state index contributed by atoms with van der Waals surface area (Å²) in [6.07, 6.45) is 4.91. The third-order valence-corrected chi connectivity index (χ3v) is 7.01. The summed E-state index contributed by atoms with van der Waals surface area (Å²) in [7, 11) is 0. The van der Waals surface area contributed by atoms with Crippen LogP contribution in [0.4, 0.5) is 10.8 Å². The summed E-state index contributed by atoms with van der Waals surface area (Å²) in [4.78, 5) is 22.1. The predicted molar refractivity (Wildman–Crippen MR) is 108 cm³/mol. The number of hydrogen-bond acceptors (Lipinski definition) is 4. The van der Waals surface area contributed by atoms with Gasteiger partial charge in [-0.3, -0.25) is 9.69 Å². The van der Waals surface area contributed by atoms with Crippen molar-refractivity contribution in [2.24, 2.45) is 0 Å². The average molecular weight is 433 g/mol. The highest BCUT2D eigenvalue weighted by Crippen LogP contribution is 2.36. The van der Waals surface area contributed by atoms with Gasteiger partial charge < -0.3 is 0 Å². The Balaban J connectivity index is 1.69. The maximum Gasteiger partial charge on any atom is 0.238 e. The molecule has 0 saturated carbocycles. The lowest BCUT2D eigenvalue weighted by molar-refractivity contribution is -0.117. The monoisotopic (exact) mass is 432 g/mol. The summed E-state index contributed by atoms with van der Waals surface area (Å²) in [6.45, 7) is 0. The summed E-state index contributed by atoms with van der Waals surface area (Å²) in [5.74, 6) is 0.0617. The number of amides is 1.